The third-order valence-corrected chi connectivity index (χ3v) is 5.17. The molecule has 1 aromatic carbocycles. The summed E-state index contributed by atoms with van der Waals surface area (Å²) in [4.78, 5) is 17.0. The van der Waals surface area contributed by atoms with Crippen molar-refractivity contribution in [3.05, 3.63) is 95.8 Å². The van der Waals surface area contributed by atoms with Crippen LogP contribution in [0.25, 0.3) is 28.2 Å². The summed E-state index contributed by atoms with van der Waals surface area (Å²) in [6, 6.07) is 7.68. The summed E-state index contributed by atoms with van der Waals surface area (Å²) in [6.45, 7) is 0. The molecule has 5 aromatic rings. The molecule has 0 amide bonds. The van der Waals surface area contributed by atoms with Crippen LogP contribution in [0.5, 0.6) is 0 Å². The summed E-state index contributed by atoms with van der Waals surface area (Å²) in [5.74, 6) is -3.66. The molecule has 0 atom stereocenters. The van der Waals surface area contributed by atoms with E-state index in [0.29, 0.717) is 17.1 Å². The zero-order valence-corrected chi connectivity index (χ0v) is 16.8. The van der Waals surface area contributed by atoms with Crippen molar-refractivity contribution in [2.75, 3.05) is 5.73 Å². The first-order chi connectivity index (χ1) is 15.9. The predicted molar refractivity (Wildman–Crippen MR) is 113 cm³/mol. The first kappa shape index (κ1) is 20.6. The van der Waals surface area contributed by atoms with Crippen LogP contribution in [0.1, 0.15) is 11.4 Å². The molecule has 0 aliphatic rings. The normalized spacial score (nSPS) is 11.3. The Kier molecular flexibility index (Phi) is 4.97. The highest BCUT2D eigenvalue weighted by molar-refractivity contribution is 5.78. The number of pyridine rings is 2. The number of aromatic nitrogens is 5. The number of imidazole rings is 1. The SMILES string of the molecule is Nc1nc(-c2nc(Cc3c(F)ccc(F)c3F)n3cc(F)ccc23)ncc1-c1ccncc1. The highest BCUT2D eigenvalue weighted by atomic mass is 19.2. The largest absolute Gasteiger partial charge is 0.383 e. The van der Waals surface area contributed by atoms with Gasteiger partial charge in [0.05, 0.1) is 5.52 Å². The summed E-state index contributed by atoms with van der Waals surface area (Å²) in [6.07, 6.45) is 5.43. The predicted octanol–water partition coefficient (Wildman–Crippen LogP) is 4.58. The van der Waals surface area contributed by atoms with Gasteiger partial charge in [-0.2, -0.15) is 0 Å². The van der Waals surface area contributed by atoms with Gasteiger partial charge in [-0.05, 0) is 42.0 Å². The van der Waals surface area contributed by atoms with Gasteiger partial charge >= 0.3 is 0 Å². The van der Waals surface area contributed by atoms with Crippen molar-refractivity contribution in [2.24, 2.45) is 0 Å². The van der Waals surface area contributed by atoms with Crippen LogP contribution in [0.4, 0.5) is 23.4 Å². The van der Waals surface area contributed by atoms with Crippen molar-refractivity contribution in [2.45, 2.75) is 6.42 Å². The van der Waals surface area contributed by atoms with Crippen LogP contribution in [0.2, 0.25) is 0 Å². The zero-order valence-electron chi connectivity index (χ0n) is 16.8. The van der Waals surface area contributed by atoms with E-state index in [-0.39, 0.29) is 23.2 Å². The lowest BCUT2D eigenvalue weighted by molar-refractivity contribution is 0.481. The average molecular weight is 450 g/mol. The molecule has 4 aromatic heterocycles. The van der Waals surface area contributed by atoms with Crippen LogP contribution in [0, 0.1) is 23.3 Å². The Balaban J connectivity index is 1.64. The van der Waals surface area contributed by atoms with Gasteiger partial charge in [0.15, 0.2) is 17.5 Å². The fraction of sp³-hybridized carbons (Fsp3) is 0.0435. The van der Waals surface area contributed by atoms with Crippen molar-refractivity contribution in [3.8, 4) is 22.6 Å². The van der Waals surface area contributed by atoms with Gasteiger partial charge in [-0.15, -0.1) is 0 Å². The Labute approximate surface area is 184 Å². The number of hydrogen-bond donors (Lipinski definition) is 1. The number of benzene rings is 1. The molecule has 0 radical (unpaired) electrons. The monoisotopic (exact) mass is 450 g/mol. The van der Waals surface area contributed by atoms with Crippen molar-refractivity contribution in [3.63, 3.8) is 0 Å². The van der Waals surface area contributed by atoms with Crippen LogP contribution in [0.3, 0.4) is 0 Å². The van der Waals surface area contributed by atoms with E-state index >= 15 is 0 Å². The van der Waals surface area contributed by atoms with Gasteiger partial charge in [-0.25, -0.2) is 32.5 Å². The van der Waals surface area contributed by atoms with Crippen LogP contribution in [0.15, 0.2) is 61.2 Å². The molecule has 4 heterocycles. The Hall–Kier alpha value is -4.34. The lowest BCUT2D eigenvalue weighted by Gasteiger charge is -2.06. The lowest BCUT2D eigenvalue weighted by Crippen LogP contribution is -2.04. The molecular weight excluding hydrogens is 436 g/mol. The van der Waals surface area contributed by atoms with Crippen molar-refractivity contribution < 1.29 is 17.6 Å². The summed E-state index contributed by atoms with van der Waals surface area (Å²) in [7, 11) is 0. The van der Waals surface area contributed by atoms with Gasteiger partial charge in [0.2, 0.25) is 0 Å². The number of hydrogen-bond acceptors (Lipinski definition) is 5. The van der Waals surface area contributed by atoms with Crippen LogP contribution in [-0.4, -0.2) is 24.3 Å². The molecule has 2 N–H and O–H groups in total. The Morgan fingerprint density at radius 3 is 2.39 bits per heavy atom. The second-order valence-corrected chi connectivity index (χ2v) is 7.21. The maximum Gasteiger partial charge on any atom is 0.182 e. The maximum absolute atomic E-state index is 14.2. The molecule has 10 heteroatoms. The van der Waals surface area contributed by atoms with Gasteiger partial charge in [0.25, 0.3) is 0 Å². The maximum atomic E-state index is 14.2. The van der Waals surface area contributed by atoms with E-state index in [0.717, 1.165) is 17.8 Å². The van der Waals surface area contributed by atoms with Crippen LogP contribution < -0.4 is 5.73 Å². The molecule has 0 saturated heterocycles. The number of anilines is 1. The Morgan fingerprint density at radius 2 is 1.64 bits per heavy atom. The number of nitrogen functional groups attached to an aromatic ring is 1. The summed E-state index contributed by atoms with van der Waals surface area (Å²) in [5, 5.41) is 0. The van der Waals surface area contributed by atoms with E-state index in [1.807, 2.05) is 0 Å². The number of nitrogens with zero attached hydrogens (tertiary/aromatic N) is 5. The van der Waals surface area contributed by atoms with Gasteiger partial charge in [0, 0.05) is 42.3 Å². The van der Waals surface area contributed by atoms with E-state index in [4.69, 9.17) is 5.73 Å². The molecular formula is C23H14F4N6. The van der Waals surface area contributed by atoms with Crippen molar-refractivity contribution in [1.82, 2.24) is 24.3 Å². The third kappa shape index (κ3) is 3.65. The molecule has 0 aliphatic carbocycles. The molecule has 5 rings (SSSR count). The fourth-order valence-corrected chi connectivity index (χ4v) is 3.56. The van der Waals surface area contributed by atoms with Gasteiger partial charge in [0.1, 0.15) is 29.0 Å². The summed E-state index contributed by atoms with van der Waals surface area (Å²) >= 11 is 0. The molecule has 0 unspecified atom stereocenters. The Bertz CT molecular complexity index is 1500. The summed E-state index contributed by atoms with van der Waals surface area (Å²) in [5.41, 5.74) is 7.59. The van der Waals surface area contributed by atoms with E-state index in [1.165, 1.54) is 22.7 Å². The lowest BCUT2D eigenvalue weighted by atomic mass is 10.1. The smallest absolute Gasteiger partial charge is 0.182 e. The number of fused-ring (bicyclic) bond motifs is 1. The fourth-order valence-electron chi connectivity index (χ4n) is 3.56. The first-order valence-corrected chi connectivity index (χ1v) is 9.74. The first-order valence-electron chi connectivity index (χ1n) is 9.74. The standard InChI is InChI=1S/C23H14F4N6/c24-13-1-4-18-21(23-30-10-15(22(28)32-23)12-5-7-29-8-6-12)31-19(33(18)11-13)9-14-16(25)2-3-17(26)20(14)27/h1-8,10-11H,9H2,(H2,28,30,32). The minimum atomic E-state index is -1.33. The van der Waals surface area contributed by atoms with E-state index in [2.05, 4.69) is 19.9 Å². The molecule has 0 bridgehead atoms. The number of rotatable bonds is 4. The molecule has 0 aliphatic heterocycles. The van der Waals surface area contributed by atoms with Crippen LogP contribution in [-0.2, 0) is 6.42 Å². The zero-order chi connectivity index (χ0) is 23.1. The Morgan fingerprint density at radius 1 is 0.879 bits per heavy atom. The molecule has 164 valence electrons. The second kappa shape index (κ2) is 7.97. The summed E-state index contributed by atoms with van der Waals surface area (Å²) < 4.78 is 57.4. The van der Waals surface area contributed by atoms with E-state index in [1.54, 1.807) is 24.5 Å². The highest BCUT2D eigenvalue weighted by Gasteiger charge is 2.21. The molecule has 0 spiro atoms. The van der Waals surface area contributed by atoms with Gasteiger partial charge < -0.3 is 5.73 Å². The van der Waals surface area contributed by atoms with Gasteiger partial charge in [-0.3, -0.25) is 9.38 Å². The minimum absolute atomic E-state index is 0.0725. The number of nitrogens with two attached hydrogens (primary N) is 1. The molecule has 6 nitrogen and oxygen atoms in total. The second-order valence-electron chi connectivity index (χ2n) is 7.21. The van der Waals surface area contributed by atoms with Crippen molar-refractivity contribution in [1.29, 1.82) is 0 Å². The number of halogens is 4. The average Bonchev–Trinajstić information content (AvgIpc) is 3.17. The van der Waals surface area contributed by atoms with Crippen molar-refractivity contribution >= 4 is 11.3 Å². The third-order valence-electron chi connectivity index (χ3n) is 5.17. The highest BCUT2D eigenvalue weighted by Crippen LogP contribution is 2.29. The topological polar surface area (TPSA) is 82.0 Å². The molecule has 0 saturated carbocycles. The molecule has 0 fully saturated rings. The van der Waals surface area contributed by atoms with Crippen LogP contribution >= 0.6 is 0 Å². The van der Waals surface area contributed by atoms with E-state index < -0.39 is 35.3 Å². The quantitative estimate of drug-likeness (QED) is 0.320. The molecule has 33 heavy (non-hydrogen) atoms. The van der Waals surface area contributed by atoms with E-state index in [9.17, 15) is 17.6 Å². The minimum Gasteiger partial charge on any atom is -0.383 e. The van der Waals surface area contributed by atoms with Gasteiger partial charge in [-0.1, -0.05) is 0 Å².